The number of thiophene rings is 2. The zero-order chi connectivity index (χ0) is 29.3. The smallest absolute Gasteiger partial charge is 0.107 e. The molecule has 4 aromatic carbocycles. The number of anilines is 3. The van der Waals surface area contributed by atoms with Gasteiger partial charge in [-0.25, -0.2) is 0 Å². The van der Waals surface area contributed by atoms with Crippen molar-refractivity contribution in [2.75, 3.05) is 16.8 Å². The Bertz CT molecular complexity index is 2180. The Morgan fingerprint density at radius 3 is 2.45 bits per heavy atom. The first-order valence-electron chi connectivity index (χ1n) is 14.3. The summed E-state index contributed by atoms with van der Waals surface area (Å²) in [6.45, 7) is 8.80. The van der Waals surface area contributed by atoms with Crippen molar-refractivity contribution in [2.24, 2.45) is 0 Å². The molecule has 4 heterocycles. The van der Waals surface area contributed by atoms with Crippen LogP contribution in [0.15, 0.2) is 91.1 Å². The van der Waals surface area contributed by atoms with Gasteiger partial charge < -0.3 is 14.5 Å². The molecule has 0 atom stereocenters. The largest absolute Gasteiger partial charge is 0.504 e. The maximum Gasteiger partial charge on any atom is 0.107 e. The van der Waals surface area contributed by atoms with E-state index >= 15 is 0 Å². The minimum atomic E-state index is 0. The van der Waals surface area contributed by atoms with Crippen molar-refractivity contribution >= 4 is 70.0 Å². The SMILES string of the molecule is CN1[CH-]N(c2[c-]c(Oc3[c-]c4c(-c5cc(C(C)(C)C)ccn5)c5c(cc4s3)sc3ccccc35)ccc2)c2ccccc21.[Pt]. The van der Waals surface area contributed by atoms with Crippen LogP contribution in [0.4, 0.5) is 17.1 Å². The summed E-state index contributed by atoms with van der Waals surface area (Å²) < 4.78 is 10.1. The Morgan fingerprint density at radius 2 is 1.61 bits per heavy atom. The molecule has 1 aliphatic rings. The molecular formula is C37H28N3OPtS2-3. The number of benzene rings is 4. The van der Waals surface area contributed by atoms with Crippen LogP contribution in [-0.2, 0) is 26.5 Å². The van der Waals surface area contributed by atoms with Gasteiger partial charge in [-0.2, -0.15) is 29.5 Å². The molecule has 7 aromatic rings. The second-order valence-electron chi connectivity index (χ2n) is 11.9. The van der Waals surface area contributed by atoms with Crippen molar-refractivity contribution < 1.29 is 25.8 Å². The first kappa shape index (κ1) is 29.0. The summed E-state index contributed by atoms with van der Waals surface area (Å²) in [5.74, 6) is 0.655. The second kappa shape index (κ2) is 11.0. The van der Waals surface area contributed by atoms with E-state index in [9.17, 15) is 0 Å². The Labute approximate surface area is 279 Å². The van der Waals surface area contributed by atoms with Gasteiger partial charge in [0, 0.05) is 59.5 Å². The summed E-state index contributed by atoms with van der Waals surface area (Å²) in [6, 6.07) is 36.8. The van der Waals surface area contributed by atoms with E-state index in [0.717, 1.165) is 38.4 Å². The normalized spacial score (nSPS) is 13.1. The third-order valence-corrected chi connectivity index (χ3v) is 10.00. The first-order chi connectivity index (χ1) is 20.8. The number of rotatable bonds is 4. The molecular weight excluding hydrogens is 762 g/mol. The third kappa shape index (κ3) is 4.90. The summed E-state index contributed by atoms with van der Waals surface area (Å²) in [6.07, 6.45) is 1.93. The third-order valence-electron chi connectivity index (χ3n) is 7.97. The van der Waals surface area contributed by atoms with Gasteiger partial charge in [0.25, 0.3) is 0 Å². The standard InChI is InChI=1S/C37H28N3OS2.Pt/c1-37(2,3)23-16-17-38-28(18-23)35-27-20-34(43-32(27)21-33-36(35)26-12-5-8-15-31(26)42-33)41-25-11-9-10-24(19-25)40-22-39(4)29-13-6-7-14-30(29)40;/h5-18,21-22H,1-4H3;/q-3;. The molecule has 0 aliphatic carbocycles. The van der Waals surface area contributed by atoms with Gasteiger partial charge in [0.15, 0.2) is 0 Å². The van der Waals surface area contributed by atoms with E-state index in [-0.39, 0.29) is 26.5 Å². The van der Waals surface area contributed by atoms with Gasteiger partial charge in [0.05, 0.1) is 0 Å². The fourth-order valence-electron chi connectivity index (χ4n) is 5.82. The van der Waals surface area contributed by atoms with E-state index in [1.165, 1.54) is 25.7 Å². The van der Waals surface area contributed by atoms with Crippen LogP contribution in [0.2, 0.25) is 0 Å². The Morgan fingerprint density at radius 1 is 0.818 bits per heavy atom. The molecule has 0 unspecified atom stereocenters. The van der Waals surface area contributed by atoms with Crippen LogP contribution in [0.3, 0.4) is 0 Å². The first-order valence-corrected chi connectivity index (χ1v) is 15.9. The van der Waals surface area contributed by atoms with Crippen LogP contribution in [0, 0.1) is 18.8 Å². The number of fused-ring (bicyclic) bond motifs is 5. The maximum atomic E-state index is 6.47. The van der Waals surface area contributed by atoms with Crippen LogP contribution in [0.5, 0.6) is 10.8 Å². The van der Waals surface area contributed by atoms with E-state index in [4.69, 9.17) is 9.72 Å². The van der Waals surface area contributed by atoms with Crippen molar-refractivity contribution in [3.8, 4) is 22.1 Å². The van der Waals surface area contributed by atoms with Crippen molar-refractivity contribution in [2.45, 2.75) is 26.2 Å². The summed E-state index contributed by atoms with van der Waals surface area (Å²) in [4.78, 5) is 9.17. The zero-order valence-electron chi connectivity index (χ0n) is 24.6. The molecule has 3 aromatic heterocycles. The molecule has 0 N–H and O–H groups in total. The Balaban J connectivity index is 0.00000312. The Hall–Kier alpha value is -3.70. The number of para-hydroxylation sites is 2. The van der Waals surface area contributed by atoms with Gasteiger partial charge in [-0.15, -0.1) is 41.3 Å². The monoisotopic (exact) mass is 789 g/mol. The molecule has 44 heavy (non-hydrogen) atoms. The quantitative estimate of drug-likeness (QED) is 0.166. The molecule has 0 fully saturated rings. The maximum absolute atomic E-state index is 6.47. The number of hydrogen-bond donors (Lipinski definition) is 0. The van der Waals surface area contributed by atoms with Crippen LogP contribution in [0.1, 0.15) is 26.3 Å². The molecule has 0 radical (unpaired) electrons. The summed E-state index contributed by atoms with van der Waals surface area (Å²) >= 11 is 3.44. The van der Waals surface area contributed by atoms with Crippen LogP contribution >= 0.6 is 22.7 Å². The molecule has 0 saturated heterocycles. The molecule has 0 amide bonds. The van der Waals surface area contributed by atoms with Gasteiger partial charge in [0.1, 0.15) is 5.06 Å². The van der Waals surface area contributed by atoms with Crippen molar-refractivity contribution in [1.29, 1.82) is 0 Å². The summed E-state index contributed by atoms with van der Waals surface area (Å²) in [5, 5.41) is 4.22. The Kier molecular flexibility index (Phi) is 7.28. The van der Waals surface area contributed by atoms with Gasteiger partial charge in [-0.1, -0.05) is 67.4 Å². The predicted molar refractivity (Wildman–Crippen MR) is 182 cm³/mol. The van der Waals surface area contributed by atoms with Crippen LogP contribution in [-0.4, -0.2) is 12.0 Å². The summed E-state index contributed by atoms with van der Waals surface area (Å²) in [7, 11) is 2.06. The van der Waals surface area contributed by atoms with E-state index in [0.29, 0.717) is 10.8 Å². The fourth-order valence-corrected chi connectivity index (χ4v) is 7.97. The topological polar surface area (TPSA) is 28.6 Å². The minimum Gasteiger partial charge on any atom is -0.504 e. The van der Waals surface area contributed by atoms with Crippen molar-refractivity contribution in [3.63, 3.8) is 0 Å². The van der Waals surface area contributed by atoms with Gasteiger partial charge in [-0.05, 0) is 59.1 Å². The van der Waals surface area contributed by atoms with E-state index in [1.54, 1.807) is 11.3 Å². The molecule has 0 spiro atoms. The summed E-state index contributed by atoms with van der Waals surface area (Å²) in [5.41, 5.74) is 6.55. The number of ether oxygens (including phenoxy) is 1. The minimum absolute atomic E-state index is 0. The van der Waals surface area contributed by atoms with Crippen LogP contribution < -0.4 is 14.5 Å². The molecule has 4 nitrogen and oxygen atoms in total. The molecule has 8 rings (SSSR count). The van der Waals surface area contributed by atoms with Crippen LogP contribution in [0.25, 0.3) is 41.5 Å². The second-order valence-corrected chi connectivity index (χ2v) is 14.0. The molecule has 7 heteroatoms. The van der Waals surface area contributed by atoms with Gasteiger partial charge >= 0.3 is 0 Å². The zero-order valence-corrected chi connectivity index (χ0v) is 28.5. The van der Waals surface area contributed by atoms with Crippen molar-refractivity contribution in [3.05, 3.63) is 115 Å². The molecule has 1 aliphatic heterocycles. The number of pyridine rings is 1. The average Bonchev–Trinajstić information content (AvgIpc) is 3.68. The van der Waals surface area contributed by atoms with E-state index < -0.39 is 0 Å². The number of nitrogens with zero attached hydrogens (tertiary/aromatic N) is 3. The average molecular weight is 790 g/mol. The van der Waals surface area contributed by atoms with Gasteiger partial charge in [-0.3, -0.25) is 4.98 Å². The number of aromatic nitrogens is 1. The fraction of sp³-hybridized carbons (Fsp3) is 0.135. The molecule has 0 bridgehead atoms. The van der Waals surface area contributed by atoms with Crippen molar-refractivity contribution in [1.82, 2.24) is 4.98 Å². The van der Waals surface area contributed by atoms with E-state index in [2.05, 4.69) is 129 Å². The molecule has 222 valence electrons. The van der Waals surface area contributed by atoms with Gasteiger partial charge in [0.2, 0.25) is 0 Å². The number of hydrogen-bond acceptors (Lipinski definition) is 6. The van der Waals surface area contributed by atoms with E-state index in [1.807, 2.05) is 29.7 Å². The predicted octanol–water partition coefficient (Wildman–Crippen LogP) is 10.7. The molecule has 0 saturated carbocycles.